The van der Waals surface area contributed by atoms with Crippen molar-refractivity contribution in [2.45, 2.75) is 32.4 Å². The summed E-state index contributed by atoms with van der Waals surface area (Å²) in [6.45, 7) is 2.07. The first-order valence-corrected chi connectivity index (χ1v) is 2.71. The smallest absolute Gasteiger partial charge is 0.102 e. The molecule has 0 fully saturated rings. The summed E-state index contributed by atoms with van der Waals surface area (Å²) in [4.78, 5) is 0. The lowest BCUT2D eigenvalue weighted by atomic mass is 10.2. The normalized spacial score (nSPS) is 14.1. The molecule has 0 aliphatic heterocycles. The summed E-state index contributed by atoms with van der Waals surface area (Å²) in [6.07, 6.45) is 2.27. The van der Waals surface area contributed by atoms with Crippen molar-refractivity contribution in [2.24, 2.45) is 5.73 Å². The van der Waals surface area contributed by atoms with E-state index in [4.69, 9.17) is 10.8 Å². The van der Waals surface area contributed by atoms with E-state index < -0.39 is 6.23 Å². The Balaban J connectivity index is 2.68. The highest BCUT2D eigenvalue weighted by Gasteiger charge is 1.90. The van der Waals surface area contributed by atoms with Gasteiger partial charge in [0.25, 0.3) is 0 Å². The van der Waals surface area contributed by atoms with E-state index >= 15 is 0 Å². The van der Waals surface area contributed by atoms with Crippen LogP contribution in [-0.4, -0.2) is 11.3 Å². The Morgan fingerprint density at radius 3 is 2.43 bits per heavy atom. The second-order valence-electron chi connectivity index (χ2n) is 1.71. The van der Waals surface area contributed by atoms with Crippen LogP contribution in [-0.2, 0) is 0 Å². The van der Waals surface area contributed by atoms with Crippen LogP contribution in [0, 0.1) is 0 Å². The molecule has 0 radical (unpaired) electrons. The topological polar surface area (TPSA) is 46.2 Å². The van der Waals surface area contributed by atoms with E-state index in [0.717, 1.165) is 19.3 Å². The standard InChI is InChI=1S/C5H13NO/c1-2-3-4-5(6)7/h5,7H,2-4,6H2,1H3. The molecule has 2 heteroatoms. The number of nitrogens with two attached hydrogens (primary N) is 1. The number of aliphatic hydroxyl groups excluding tert-OH is 1. The summed E-state index contributed by atoms with van der Waals surface area (Å²) < 4.78 is 0. The van der Waals surface area contributed by atoms with Crippen LogP contribution in [0.2, 0.25) is 0 Å². The second kappa shape index (κ2) is 4.09. The van der Waals surface area contributed by atoms with E-state index in [-0.39, 0.29) is 0 Å². The molecule has 0 rings (SSSR count). The van der Waals surface area contributed by atoms with Crippen LogP contribution >= 0.6 is 0 Å². The average molecular weight is 103 g/mol. The molecule has 0 spiro atoms. The molecular formula is C5H13NO. The molecule has 0 heterocycles. The molecule has 1 atom stereocenters. The molecular weight excluding hydrogens is 90.1 g/mol. The summed E-state index contributed by atoms with van der Waals surface area (Å²) in [6, 6.07) is 0. The lowest BCUT2D eigenvalue weighted by Gasteiger charge is -1.98. The van der Waals surface area contributed by atoms with Gasteiger partial charge in [0.2, 0.25) is 0 Å². The zero-order chi connectivity index (χ0) is 5.70. The van der Waals surface area contributed by atoms with Crippen molar-refractivity contribution in [3.05, 3.63) is 0 Å². The summed E-state index contributed by atoms with van der Waals surface area (Å²) in [5, 5.41) is 8.46. The van der Waals surface area contributed by atoms with Gasteiger partial charge in [-0.15, -0.1) is 0 Å². The van der Waals surface area contributed by atoms with Gasteiger partial charge in [-0.2, -0.15) is 0 Å². The predicted octanol–water partition coefficient (Wildman–Crippen LogP) is 0.454. The Bertz CT molecular complexity index is 37.1. The molecule has 0 aliphatic rings. The van der Waals surface area contributed by atoms with Crippen LogP contribution in [0.5, 0.6) is 0 Å². The maximum Gasteiger partial charge on any atom is 0.102 e. The van der Waals surface area contributed by atoms with Crippen molar-refractivity contribution < 1.29 is 5.11 Å². The van der Waals surface area contributed by atoms with Crippen LogP contribution in [0.25, 0.3) is 0 Å². The van der Waals surface area contributed by atoms with Crippen LogP contribution < -0.4 is 5.73 Å². The minimum absolute atomic E-state index is 0.597. The van der Waals surface area contributed by atoms with Crippen molar-refractivity contribution in [3.63, 3.8) is 0 Å². The SMILES string of the molecule is CCCCC(N)O. The molecule has 0 amide bonds. The van der Waals surface area contributed by atoms with Crippen molar-refractivity contribution in [2.75, 3.05) is 0 Å². The molecule has 0 saturated heterocycles. The second-order valence-corrected chi connectivity index (χ2v) is 1.71. The molecule has 0 aromatic carbocycles. The van der Waals surface area contributed by atoms with E-state index in [0.29, 0.717) is 0 Å². The summed E-state index contributed by atoms with van der Waals surface area (Å²) in [7, 11) is 0. The first kappa shape index (κ1) is 6.92. The van der Waals surface area contributed by atoms with Crippen molar-refractivity contribution in [1.82, 2.24) is 0 Å². The summed E-state index contributed by atoms with van der Waals surface area (Å²) in [5.41, 5.74) is 5.03. The largest absolute Gasteiger partial charge is 0.379 e. The fourth-order valence-electron chi connectivity index (χ4n) is 0.413. The monoisotopic (exact) mass is 103 g/mol. The van der Waals surface area contributed by atoms with E-state index in [1.54, 1.807) is 0 Å². The minimum atomic E-state index is -0.597. The highest BCUT2D eigenvalue weighted by molar-refractivity contribution is 4.42. The lowest BCUT2D eigenvalue weighted by Crippen LogP contribution is -2.17. The molecule has 1 unspecified atom stereocenters. The van der Waals surface area contributed by atoms with Gasteiger partial charge in [0.1, 0.15) is 6.23 Å². The summed E-state index contributed by atoms with van der Waals surface area (Å²) in [5.74, 6) is 0. The van der Waals surface area contributed by atoms with Gasteiger partial charge in [0, 0.05) is 0 Å². The van der Waals surface area contributed by atoms with Crippen molar-refractivity contribution in [1.29, 1.82) is 0 Å². The Hall–Kier alpha value is -0.0800. The van der Waals surface area contributed by atoms with Crippen molar-refractivity contribution >= 4 is 0 Å². The molecule has 0 aromatic rings. The maximum absolute atomic E-state index is 8.46. The van der Waals surface area contributed by atoms with Crippen LogP contribution in [0.3, 0.4) is 0 Å². The third-order valence-corrected chi connectivity index (χ3v) is 0.853. The third-order valence-electron chi connectivity index (χ3n) is 0.853. The highest BCUT2D eigenvalue weighted by atomic mass is 16.3. The zero-order valence-electron chi connectivity index (χ0n) is 4.72. The van der Waals surface area contributed by atoms with Gasteiger partial charge < -0.3 is 10.8 Å². The predicted molar refractivity (Wildman–Crippen MR) is 29.7 cm³/mol. The van der Waals surface area contributed by atoms with Crippen LogP contribution in [0.15, 0.2) is 0 Å². The Morgan fingerprint density at radius 2 is 2.29 bits per heavy atom. The van der Waals surface area contributed by atoms with Gasteiger partial charge in [-0.05, 0) is 12.8 Å². The first-order chi connectivity index (χ1) is 3.27. The average Bonchev–Trinajstić information content (AvgIpc) is 1.61. The third kappa shape index (κ3) is 5.92. The summed E-state index contributed by atoms with van der Waals surface area (Å²) >= 11 is 0. The molecule has 3 N–H and O–H groups in total. The van der Waals surface area contributed by atoms with Gasteiger partial charge in [0.05, 0.1) is 0 Å². The van der Waals surface area contributed by atoms with E-state index in [2.05, 4.69) is 6.92 Å². The number of hydrogen-bond donors (Lipinski definition) is 2. The van der Waals surface area contributed by atoms with Gasteiger partial charge in [-0.3, -0.25) is 0 Å². The first-order valence-electron chi connectivity index (χ1n) is 2.71. The number of unbranched alkanes of at least 4 members (excludes halogenated alkanes) is 1. The number of rotatable bonds is 3. The minimum Gasteiger partial charge on any atom is -0.379 e. The van der Waals surface area contributed by atoms with E-state index in [9.17, 15) is 0 Å². The van der Waals surface area contributed by atoms with Crippen LogP contribution in [0.1, 0.15) is 26.2 Å². The highest BCUT2D eigenvalue weighted by Crippen LogP contribution is 1.93. The zero-order valence-corrected chi connectivity index (χ0v) is 4.72. The Kier molecular flexibility index (Phi) is 4.04. The molecule has 2 nitrogen and oxygen atoms in total. The molecule has 0 aromatic heterocycles. The Labute approximate surface area is 44.3 Å². The molecule has 0 aliphatic carbocycles. The lowest BCUT2D eigenvalue weighted by molar-refractivity contribution is 0.169. The maximum atomic E-state index is 8.46. The van der Waals surface area contributed by atoms with E-state index in [1.165, 1.54) is 0 Å². The molecule has 7 heavy (non-hydrogen) atoms. The Morgan fingerprint density at radius 1 is 1.71 bits per heavy atom. The van der Waals surface area contributed by atoms with Crippen LogP contribution in [0.4, 0.5) is 0 Å². The fraction of sp³-hybridized carbons (Fsp3) is 1.00. The van der Waals surface area contributed by atoms with Gasteiger partial charge in [-0.25, -0.2) is 0 Å². The van der Waals surface area contributed by atoms with Gasteiger partial charge in [0.15, 0.2) is 0 Å². The van der Waals surface area contributed by atoms with E-state index in [1.807, 2.05) is 0 Å². The molecule has 44 valence electrons. The van der Waals surface area contributed by atoms with Crippen molar-refractivity contribution in [3.8, 4) is 0 Å². The molecule has 0 saturated carbocycles. The molecule has 0 bridgehead atoms. The van der Waals surface area contributed by atoms with Gasteiger partial charge in [-0.1, -0.05) is 13.3 Å². The number of hydrogen-bond acceptors (Lipinski definition) is 2. The van der Waals surface area contributed by atoms with Gasteiger partial charge >= 0.3 is 0 Å². The fourth-order valence-corrected chi connectivity index (χ4v) is 0.413. The quantitative estimate of drug-likeness (QED) is 0.509. The number of aliphatic hydroxyl groups is 1.